The first-order valence-electron chi connectivity index (χ1n) is 9.05. The van der Waals surface area contributed by atoms with Crippen molar-refractivity contribution in [3.63, 3.8) is 0 Å². The molecule has 0 fully saturated rings. The predicted octanol–water partition coefficient (Wildman–Crippen LogP) is 3.60. The van der Waals surface area contributed by atoms with Crippen molar-refractivity contribution in [2.45, 2.75) is 33.4 Å². The van der Waals surface area contributed by atoms with Crippen LogP contribution in [-0.4, -0.2) is 33.8 Å². The number of pyridine rings is 1. The number of aromatic nitrogens is 1. The van der Waals surface area contributed by atoms with E-state index in [0.717, 1.165) is 11.1 Å². The van der Waals surface area contributed by atoms with Crippen LogP contribution in [0.25, 0.3) is 0 Å². The van der Waals surface area contributed by atoms with Crippen molar-refractivity contribution in [1.82, 2.24) is 9.88 Å². The molecule has 1 aliphatic heterocycles. The lowest BCUT2D eigenvalue weighted by Crippen LogP contribution is -2.32. The molecule has 1 atom stereocenters. The molecule has 28 heavy (non-hydrogen) atoms. The Balaban J connectivity index is 2.08. The van der Waals surface area contributed by atoms with Crippen molar-refractivity contribution in [2.24, 2.45) is 5.41 Å². The topological polar surface area (TPSA) is 79.7 Å². The van der Waals surface area contributed by atoms with Crippen LogP contribution in [0.5, 0.6) is 5.75 Å². The minimum atomic E-state index is -0.737. The van der Waals surface area contributed by atoms with E-state index < -0.39 is 23.1 Å². The Morgan fingerprint density at radius 2 is 1.89 bits per heavy atom. The second kappa shape index (κ2) is 7.46. The number of ketones is 1. The van der Waals surface area contributed by atoms with Crippen LogP contribution < -0.4 is 4.74 Å². The molecule has 2 aromatic rings. The Hall–Kier alpha value is -3.15. The lowest BCUT2D eigenvalue weighted by atomic mass is 9.82. The normalized spacial score (nSPS) is 17.2. The molecule has 1 aromatic carbocycles. The Labute approximate surface area is 164 Å². The highest BCUT2D eigenvalue weighted by molar-refractivity contribution is 6.10. The molecule has 0 spiro atoms. The molecule has 6 nitrogen and oxygen atoms in total. The number of carbonyl (C=O) groups excluding carboxylic acids is 2. The Morgan fingerprint density at radius 3 is 2.43 bits per heavy atom. The minimum absolute atomic E-state index is 0.131. The smallest absolute Gasteiger partial charge is 0.290 e. The van der Waals surface area contributed by atoms with E-state index >= 15 is 0 Å². The van der Waals surface area contributed by atoms with Crippen LogP contribution in [0.4, 0.5) is 0 Å². The first-order valence-corrected chi connectivity index (χ1v) is 9.05. The second-order valence-electron chi connectivity index (χ2n) is 7.81. The van der Waals surface area contributed by atoms with Crippen LogP contribution in [0.15, 0.2) is 60.1 Å². The van der Waals surface area contributed by atoms with Gasteiger partial charge in [0.2, 0.25) is 0 Å². The monoisotopic (exact) mass is 380 g/mol. The van der Waals surface area contributed by atoms with Gasteiger partial charge in [-0.15, -0.1) is 0 Å². The second-order valence-corrected chi connectivity index (χ2v) is 7.81. The molecule has 1 aromatic heterocycles. The third kappa shape index (κ3) is 3.63. The van der Waals surface area contributed by atoms with Gasteiger partial charge in [-0.25, -0.2) is 0 Å². The summed E-state index contributed by atoms with van der Waals surface area (Å²) in [6, 6.07) is 10.1. The quantitative estimate of drug-likeness (QED) is 0.857. The molecule has 1 unspecified atom stereocenters. The van der Waals surface area contributed by atoms with Gasteiger partial charge in [0.25, 0.3) is 5.91 Å². The lowest BCUT2D eigenvalue weighted by molar-refractivity contribution is -0.130. The predicted molar refractivity (Wildman–Crippen MR) is 105 cm³/mol. The highest BCUT2D eigenvalue weighted by Crippen LogP contribution is 2.41. The molecule has 2 heterocycles. The van der Waals surface area contributed by atoms with Crippen LogP contribution in [0, 0.1) is 5.41 Å². The van der Waals surface area contributed by atoms with Crippen LogP contribution in [0.3, 0.4) is 0 Å². The molecule has 1 amide bonds. The van der Waals surface area contributed by atoms with Crippen LogP contribution >= 0.6 is 0 Å². The zero-order valence-electron chi connectivity index (χ0n) is 16.5. The fourth-order valence-corrected chi connectivity index (χ4v) is 3.27. The van der Waals surface area contributed by atoms with E-state index in [1.54, 1.807) is 58.5 Å². The number of methoxy groups -OCH3 is 1. The molecule has 0 saturated heterocycles. The first-order chi connectivity index (χ1) is 13.2. The number of hydrogen-bond donors (Lipinski definition) is 1. The number of rotatable bonds is 5. The number of ether oxygens (including phenoxy) is 1. The maximum absolute atomic E-state index is 13.1. The summed E-state index contributed by atoms with van der Waals surface area (Å²) in [6.45, 7) is 5.55. The average molecular weight is 380 g/mol. The number of nitrogens with zero attached hydrogens (tertiary/aromatic N) is 2. The summed E-state index contributed by atoms with van der Waals surface area (Å²) < 4.78 is 5.21. The number of aliphatic hydroxyl groups is 1. The van der Waals surface area contributed by atoms with Crippen molar-refractivity contribution in [3.8, 4) is 5.75 Å². The summed E-state index contributed by atoms with van der Waals surface area (Å²) in [5.41, 5.74) is 0.936. The summed E-state index contributed by atoms with van der Waals surface area (Å²) in [6.07, 6.45) is 3.32. The largest absolute Gasteiger partial charge is 0.503 e. The van der Waals surface area contributed by atoms with Gasteiger partial charge in [-0.2, -0.15) is 0 Å². The van der Waals surface area contributed by atoms with Gasteiger partial charge in [0.15, 0.2) is 11.5 Å². The van der Waals surface area contributed by atoms with Crippen LogP contribution in [0.1, 0.15) is 37.9 Å². The van der Waals surface area contributed by atoms with Crippen molar-refractivity contribution in [1.29, 1.82) is 0 Å². The summed E-state index contributed by atoms with van der Waals surface area (Å²) >= 11 is 0. The van der Waals surface area contributed by atoms with Gasteiger partial charge in [-0.05, 0) is 29.3 Å². The van der Waals surface area contributed by atoms with Gasteiger partial charge < -0.3 is 14.7 Å². The maximum Gasteiger partial charge on any atom is 0.290 e. The molecule has 0 saturated carbocycles. The highest BCUT2D eigenvalue weighted by atomic mass is 16.5. The lowest BCUT2D eigenvalue weighted by Gasteiger charge is -2.29. The summed E-state index contributed by atoms with van der Waals surface area (Å²) in [5.74, 6) is -0.626. The molecule has 1 aliphatic rings. The molecular formula is C22H24N2O4. The number of amides is 1. The highest BCUT2D eigenvalue weighted by Gasteiger charge is 2.45. The molecule has 0 aliphatic carbocycles. The van der Waals surface area contributed by atoms with Crippen molar-refractivity contribution >= 4 is 11.7 Å². The number of Topliss-reactive ketones (excluding diaryl/α,β-unsaturated/α-hetero) is 1. The van der Waals surface area contributed by atoms with E-state index in [4.69, 9.17) is 4.74 Å². The summed E-state index contributed by atoms with van der Waals surface area (Å²) in [5, 5.41) is 10.6. The molecule has 6 heteroatoms. The van der Waals surface area contributed by atoms with E-state index in [1.807, 2.05) is 18.2 Å². The van der Waals surface area contributed by atoms with Gasteiger partial charge in [0.05, 0.1) is 18.7 Å². The SMILES string of the molecule is COc1ccc(C2C(C(=O)C(C)(C)C)=C(O)C(=O)N2Cc2cccnc2)cc1. The molecule has 3 rings (SSSR count). The van der Waals surface area contributed by atoms with E-state index in [1.165, 1.54) is 4.90 Å². The number of carbonyl (C=O) groups is 2. The Morgan fingerprint density at radius 1 is 1.21 bits per heavy atom. The molecule has 1 N–H and O–H groups in total. The van der Waals surface area contributed by atoms with Gasteiger partial charge in [0, 0.05) is 24.4 Å². The van der Waals surface area contributed by atoms with Gasteiger partial charge in [-0.3, -0.25) is 14.6 Å². The van der Waals surface area contributed by atoms with Gasteiger partial charge >= 0.3 is 0 Å². The first kappa shape index (κ1) is 19.6. The van der Waals surface area contributed by atoms with E-state index in [-0.39, 0.29) is 17.9 Å². The van der Waals surface area contributed by atoms with E-state index in [0.29, 0.717) is 5.75 Å². The van der Waals surface area contributed by atoms with Crippen LogP contribution in [0.2, 0.25) is 0 Å². The number of aliphatic hydroxyl groups excluding tert-OH is 1. The fourth-order valence-electron chi connectivity index (χ4n) is 3.27. The Kier molecular flexibility index (Phi) is 5.23. The van der Waals surface area contributed by atoms with Gasteiger partial charge in [-0.1, -0.05) is 39.0 Å². The van der Waals surface area contributed by atoms with Crippen LogP contribution in [-0.2, 0) is 16.1 Å². The average Bonchev–Trinajstić information content (AvgIpc) is 2.92. The number of hydrogen-bond acceptors (Lipinski definition) is 5. The van der Waals surface area contributed by atoms with Gasteiger partial charge in [0.1, 0.15) is 5.75 Å². The standard InChI is InChI=1S/C22H24N2O4/c1-22(2,3)20(26)17-18(15-7-9-16(28-4)10-8-15)24(21(27)19(17)25)13-14-6-5-11-23-12-14/h5-12,18,25H,13H2,1-4H3. The Bertz CT molecular complexity index is 912. The van der Waals surface area contributed by atoms with E-state index in [9.17, 15) is 14.7 Å². The van der Waals surface area contributed by atoms with Crippen molar-refractivity contribution < 1.29 is 19.4 Å². The van der Waals surface area contributed by atoms with E-state index in [2.05, 4.69) is 4.98 Å². The molecule has 0 radical (unpaired) electrons. The van der Waals surface area contributed by atoms with Crippen molar-refractivity contribution in [3.05, 3.63) is 71.3 Å². The number of benzene rings is 1. The zero-order valence-corrected chi connectivity index (χ0v) is 16.5. The summed E-state index contributed by atoms with van der Waals surface area (Å²) in [7, 11) is 1.57. The fraction of sp³-hybridized carbons (Fsp3) is 0.318. The third-order valence-electron chi connectivity index (χ3n) is 4.74. The molecular weight excluding hydrogens is 356 g/mol. The molecule has 0 bridgehead atoms. The minimum Gasteiger partial charge on any atom is -0.503 e. The molecule has 146 valence electrons. The maximum atomic E-state index is 13.1. The zero-order chi connectivity index (χ0) is 20.5. The van der Waals surface area contributed by atoms with Crippen molar-refractivity contribution in [2.75, 3.05) is 7.11 Å². The summed E-state index contributed by atoms with van der Waals surface area (Å²) in [4.78, 5) is 31.6. The third-order valence-corrected chi connectivity index (χ3v) is 4.74.